The van der Waals surface area contributed by atoms with Crippen molar-refractivity contribution in [3.05, 3.63) is 99.8 Å². The van der Waals surface area contributed by atoms with Gasteiger partial charge in [0.15, 0.2) is 11.6 Å². The van der Waals surface area contributed by atoms with Crippen molar-refractivity contribution in [1.82, 2.24) is 4.90 Å². The summed E-state index contributed by atoms with van der Waals surface area (Å²) in [6.07, 6.45) is -0.428. The molecule has 0 N–H and O–H groups in total. The maximum atomic E-state index is 13.4. The minimum atomic E-state index is -0.443. The Bertz CT molecular complexity index is 1260. The van der Waals surface area contributed by atoms with E-state index in [1.54, 1.807) is 47.4 Å². The fourth-order valence-corrected chi connectivity index (χ4v) is 4.06. The number of nitrogens with zero attached hydrogens (tertiary/aromatic N) is 1. The molecule has 1 heterocycles. The van der Waals surface area contributed by atoms with Gasteiger partial charge < -0.3 is 14.4 Å². The largest absolute Gasteiger partial charge is 0.490 e. The first-order valence-electron chi connectivity index (χ1n) is 11.1. The van der Waals surface area contributed by atoms with Crippen LogP contribution in [0.4, 0.5) is 4.39 Å². The van der Waals surface area contributed by atoms with Crippen molar-refractivity contribution in [1.29, 1.82) is 0 Å². The highest BCUT2D eigenvalue weighted by Gasteiger charge is 2.28. The molecule has 0 bridgehead atoms. The van der Waals surface area contributed by atoms with Gasteiger partial charge in [-0.15, -0.1) is 0 Å². The Morgan fingerprint density at radius 2 is 1.74 bits per heavy atom. The Kier molecular flexibility index (Phi) is 7.58. The molecular weight excluding hydrogens is 473 g/mol. The third-order valence-corrected chi connectivity index (χ3v) is 5.92. The monoisotopic (exact) mass is 495 g/mol. The van der Waals surface area contributed by atoms with Crippen molar-refractivity contribution in [2.45, 2.75) is 13.0 Å². The third kappa shape index (κ3) is 5.75. The third-order valence-electron chi connectivity index (χ3n) is 5.68. The summed E-state index contributed by atoms with van der Waals surface area (Å²) < 4.78 is 24.9. The van der Waals surface area contributed by atoms with Crippen LogP contribution in [0, 0.1) is 5.82 Å². The van der Waals surface area contributed by atoms with E-state index in [2.05, 4.69) is 0 Å². The average molecular weight is 496 g/mol. The molecule has 0 radical (unpaired) electrons. The summed E-state index contributed by atoms with van der Waals surface area (Å²) in [6.45, 7) is 2.46. The first-order valence-corrected chi connectivity index (χ1v) is 11.4. The highest BCUT2D eigenvalue weighted by Crippen LogP contribution is 2.24. The van der Waals surface area contributed by atoms with Gasteiger partial charge in [-0.1, -0.05) is 29.8 Å². The van der Waals surface area contributed by atoms with Crippen LogP contribution >= 0.6 is 11.6 Å². The maximum Gasteiger partial charge on any atom is 0.254 e. The highest BCUT2D eigenvalue weighted by atomic mass is 35.5. The summed E-state index contributed by atoms with van der Waals surface area (Å²) in [5.41, 5.74) is 1.18. The Labute approximate surface area is 207 Å². The van der Waals surface area contributed by atoms with Crippen LogP contribution in [0.5, 0.6) is 5.75 Å². The summed E-state index contributed by atoms with van der Waals surface area (Å²) in [5, 5.41) is 0.432. The molecule has 0 aromatic heterocycles. The number of morpholine rings is 1. The SMILES string of the molecule is CC(=O)c1cc(Cl)ccc1OCC1CN(C(=O)c2ccccc2C(=O)c2ccc(F)cc2)CCO1. The first-order chi connectivity index (χ1) is 16.8. The molecule has 0 saturated carbocycles. The fraction of sp³-hybridized carbons (Fsp3) is 0.222. The molecule has 8 heteroatoms. The number of amides is 1. The fourth-order valence-electron chi connectivity index (χ4n) is 3.89. The van der Waals surface area contributed by atoms with E-state index in [1.165, 1.54) is 31.2 Å². The molecule has 1 saturated heterocycles. The molecule has 1 fully saturated rings. The number of benzene rings is 3. The van der Waals surface area contributed by atoms with Crippen molar-refractivity contribution in [3.8, 4) is 5.75 Å². The standard InChI is InChI=1S/C27H23ClFNO5/c1-17(31)24-14-19(28)8-11-25(24)35-16-21-15-30(12-13-34-21)27(33)23-5-3-2-4-22(23)26(32)18-6-9-20(29)10-7-18/h2-11,14,21H,12-13,15-16H2,1H3. The highest BCUT2D eigenvalue weighted by molar-refractivity contribution is 6.31. The molecule has 1 amide bonds. The number of carbonyl (C=O) groups excluding carboxylic acids is 3. The van der Waals surface area contributed by atoms with E-state index in [0.717, 1.165) is 0 Å². The van der Waals surface area contributed by atoms with Crippen LogP contribution in [0.25, 0.3) is 0 Å². The van der Waals surface area contributed by atoms with E-state index >= 15 is 0 Å². The van der Waals surface area contributed by atoms with E-state index in [4.69, 9.17) is 21.1 Å². The van der Waals surface area contributed by atoms with Crippen LogP contribution < -0.4 is 4.74 Å². The molecule has 1 atom stereocenters. The number of hydrogen-bond acceptors (Lipinski definition) is 5. The van der Waals surface area contributed by atoms with Crippen molar-refractivity contribution < 1.29 is 28.2 Å². The molecule has 6 nitrogen and oxygen atoms in total. The van der Waals surface area contributed by atoms with E-state index in [1.807, 2.05) is 0 Å². The van der Waals surface area contributed by atoms with Crippen LogP contribution in [0.15, 0.2) is 66.7 Å². The van der Waals surface area contributed by atoms with Gasteiger partial charge in [0.25, 0.3) is 5.91 Å². The average Bonchev–Trinajstić information content (AvgIpc) is 2.87. The number of Topliss-reactive ketones (excluding diaryl/α,β-unsaturated/α-hetero) is 1. The molecule has 1 aliphatic rings. The van der Waals surface area contributed by atoms with Gasteiger partial charge >= 0.3 is 0 Å². The second-order valence-corrected chi connectivity index (χ2v) is 8.57. The molecule has 0 spiro atoms. The predicted molar refractivity (Wildman–Crippen MR) is 129 cm³/mol. The van der Waals surface area contributed by atoms with E-state index in [-0.39, 0.29) is 41.8 Å². The molecule has 4 rings (SSSR count). The summed E-state index contributed by atoms with van der Waals surface area (Å²) in [7, 11) is 0. The second-order valence-electron chi connectivity index (χ2n) is 8.13. The Balaban J connectivity index is 1.47. The van der Waals surface area contributed by atoms with Crippen molar-refractivity contribution in [2.24, 2.45) is 0 Å². The van der Waals surface area contributed by atoms with Crippen LogP contribution in [0.2, 0.25) is 5.02 Å². The van der Waals surface area contributed by atoms with Crippen molar-refractivity contribution in [3.63, 3.8) is 0 Å². The summed E-state index contributed by atoms with van der Waals surface area (Å²) in [6, 6.07) is 16.6. The molecule has 0 aliphatic carbocycles. The van der Waals surface area contributed by atoms with Crippen LogP contribution in [0.3, 0.4) is 0 Å². The number of rotatable bonds is 7. The number of ether oxygens (including phenoxy) is 2. The van der Waals surface area contributed by atoms with Gasteiger partial charge in [0, 0.05) is 22.7 Å². The number of hydrogen-bond donors (Lipinski definition) is 0. The molecule has 3 aromatic carbocycles. The zero-order chi connectivity index (χ0) is 24.9. The molecule has 1 unspecified atom stereocenters. The Hall–Kier alpha value is -3.55. The summed E-state index contributed by atoms with van der Waals surface area (Å²) in [5.74, 6) is -0.890. The van der Waals surface area contributed by atoms with Gasteiger partial charge in [0.05, 0.1) is 24.3 Å². The lowest BCUT2D eigenvalue weighted by molar-refractivity contribution is -0.0402. The smallest absolute Gasteiger partial charge is 0.254 e. The molecule has 3 aromatic rings. The topological polar surface area (TPSA) is 72.9 Å². The molecule has 180 valence electrons. The van der Waals surface area contributed by atoms with E-state index < -0.39 is 11.9 Å². The minimum Gasteiger partial charge on any atom is -0.490 e. The quantitative estimate of drug-likeness (QED) is 0.439. The van der Waals surface area contributed by atoms with Crippen LogP contribution in [0.1, 0.15) is 43.6 Å². The van der Waals surface area contributed by atoms with Gasteiger partial charge in [0.1, 0.15) is 24.3 Å². The predicted octanol–water partition coefficient (Wildman–Crippen LogP) is 4.83. The van der Waals surface area contributed by atoms with Gasteiger partial charge in [-0.05, 0) is 55.5 Å². The van der Waals surface area contributed by atoms with Gasteiger partial charge in [-0.2, -0.15) is 0 Å². The number of ketones is 2. The second kappa shape index (κ2) is 10.8. The zero-order valence-corrected chi connectivity index (χ0v) is 19.8. The lowest BCUT2D eigenvalue weighted by Gasteiger charge is -2.33. The zero-order valence-electron chi connectivity index (χ0n) is 19.0. The van der Waals surface area contributed by atoms with Gasteiger partial charge in [-0.25, -0.2) is 4.39 Å². The van der Waals surface area contributed by atoms with Gasteiger partial charge in [0.2, 0.25) is 0 Å². The summed E-state index contributed by atoms with van der Waals surface area (Å²) >= 11 is 5.99. The number of halogens is 2. The van der Waals surface area contributed by atoms with Crippen LogP contribution in [-0.4, -0.2) is 54.8 Å². The van der Waals surface area contributed by atoms with E-state index in [0.29, 0.717) is 35.1 Å². The van der Waals surface area contributed by atoms with Crippen LogP contribution in [-0.2, 0) is 4.74 Å². The van der Waals surface area contributed by atoms with Crippen molar-refractivity contribution >= 4 is 29.1 Å². The number of carbonyl (C=O) groups is 3. The molecule has 1 aliphatic heterocycles. The normalized spacial score (nSPS) is 15.5. The Morgan fingerprint density at radius 1 is 1.03 bits per heavy atom. The first kappa shape index (κ1) is 24.6. The Morgan fingerprint density at radius 3 is 2.46 bits per heavy atom. The van der Waals surface area contributed by atoms with Gasteiger partial charge in [-0.3, -0.25) is 14.4 Å². The molecule has 35 heavy (non-hydrogen) atoms. The molecular formula is C27H23ClFNO5. The maximum absolute atomic E-state index is 13.4. The summed E-state index contributed by atoms with van der Waals surface area (Å²) in [4.78, 5) is 39.9. The lowest BCUT2D eigenvalue weighted by Crippen LogP contribution is -2.48. The lowest BCUT2D eigenvalue weighted by atomic mass is 9.97. The van der Waals surface area contributed by atoms with Crippen molar-refractivity contribution in [2.75, 3.05) is 26.3 Å². The van der Waals surface area contributed by atoms with E-state index in [9.17, 15) is 18.8 Å². The minimum absolute atomic E-state index is 0.127.